The van der Waals surface area contributed by atoms with Gasteiger partial charge >= 0.3 is 0 Å². The number of hydrogen-bond donors (Lipinski definition) is 1. The van der Waals surface area contributed by atoms with Crippen LogP contribution in [-0.2, 0) is 17.6 Å². The van der Waals surface area contributed by atoms with E-state index in [1.54, 1.807) is 27.2 Å². The third-order valence-corrected chi connectivity index (χ3v) is 7.14. The predicted molar refractivity (Wildman–Crippen MR) is 141 cm³/mol. The minimum atomic E-state index is -0.743. The SMILES string of the molecule is CCc1cccc(CC)c1NC(=O)C(C)n1cnc2scc(-c3ccc(OC)c(OC)c3)c2c1=O. The molecule has 0 radical (unpaired) electrons. The molecule has 8 heteroatoms. The van der Waals surface area contributed by atoms with Crippen LogP contribution in [0.5, 0.6) is 11.5 Å². The lowest BCUT2D eigenvalue weighted by Gasteiger charge is -2.19. The van der Waals surface area contributed by atoms with Crippen LogP contribution in [-0.4, -0.2) is 29.7 Å². The van der Waals surface area contributed by atoms with Crippen LogP contribution in [0.2, 0.25) is 0 Å². The van der Waals surface area contributed by atoms with Gasteiger partial charge in [0.2, 0.25) is 5.91 Å². The average molecular weight is 492 g/mol. The summed E-state index contributed by atoms with van der Waals surface area (Å²) < 4.78 is 12.2. The van der Waals surface area contributed by atoms with Crippen LogP contribution in [0.4, 0.5) is 5.69 Å². The zero-order valence-electron chi connectivity index (χ0n) is 20.5. The molecule has 182 valence electrons. The Kier molecular flexibility index (Phi) is 7.21. The molecule has 0 aliphatic heterocycles. The number of fused-ring (bicyclic) bond motifs is 1. The Morgan fingerprint density at radius 2 is 1.77 bits per heavy atom. The molecule has 7 nitrogen and oxygen atoms in total. The van der Waals surface area contributed by atoms with Crippen molar-refractivity contribution in [3.63, 3.8) is 0 Å². The number of carbonyl (C=O) groups excluding carboxylic acids is 1. The monoisotopic (exact) mass is 491 g/mol. The van der Waals surface area contributed by atoms with Gasteiger partial charge in [0, 0.05) is 16.6 Å². The molecule has 1 amide bonds. The number of methoxy groups -OCH3 is 2. The number of rotatable bonds is 8. The molecule has 2 aromatic heterocycles. The topological polar surface area (TPSA) is 82.5 Å². The minimum Gasteiger partial charge on any atom is -0.493 e. The van der Waals surface area contributed by atoms with Gasteiger partial charge in [-0.05, 0) is 48.6 Å². The molecule has 0 saturated heterocycles. The Balaban J connectivity index is 1.73. The summed E-state index contributed by atoms with van der Waals surface area (Å²) in [6.07, 6.45) is 3.06. The summed E-state index contributed by atoms with van der Waals surface area (Å²) >= 11 is 1.39. The number of nitrogens with zero attached hydrogens (tertiary/aromatic N) is 2. The van der Waals surface area contributed by atoms with Crippen LogP contribution in [0.25, 0.3) is 21.3 Å². The lowest BCUT2D eigenvalue weighted by Crippen LogP contribution is -2.32. The van der Waals surface area contributed by atoms with Crippen molar-refractivity contribution in [2.45, 2.75) is 39.7 Å². The summed E-state index contributed by atoms with van der Waals surface area (Å²) in [7, 11) is 3.15. The standard InChI is InChI=1S/C27H29N3O4S/c1-6-17-9-8-10-18(7-2)24(17)29-25(31)16(3)30-15-28-26-23(27(30)32)20(14-35-26)19-11-12-21(33-4)22(13-19)34-5/h8-16H,6-7H2,1-5H3,(H,29,31). The van der Waals surface area contributed by atoms with E-state index in [9.17, 15) is 9.59 Å². The Hall–Kier alpha value is -3.65. The quantitative estimate of drug-likeness (QED) is 0.354. The number of para-hydroxylation sites is 1. The van der Waals surface area contributed by atoms with Gasteiger partial charge < -0.3 is 14.8 Å². The van der Waals surface area contributed by atoms with Gasteiger partial charge in [-0.15, -0.1) is 11.3 Å². The number of nitrogens with one attached hydrogen (secondary N) is 1. The highest BCUT2D eigenvalue weighted by Gasteiger charge is 2.22. The largest absolute Gasteiger partial charge is 0.493 e. The first-order chi connectivity index (χ1) is 16.9. The number of benzene rings is 2. The van der Waals surface area contributed by atoms with Gasteiger partial charge in [0.1, 0.15) is 10.9 Å². The molecular formula is C27H29N3O4S. The highest BCUT2D eigenvalue weighted by molar-refractivity contribution is 7.17. The summed E-state index contributed by atoms with van der Waals surface area (Å²) in [6, 6.07) is 10.8. The van der Waals surface area contributed by atoms with Crippen LogP contribution in [0.1, 0.15) is 37.9 Å². The van der Waals surface area contributed by atoms with Gasteiger partial charge in [-0.1, -0.05) is 38.1 Å². The summed E-state index contributed by atoms with van der Waals surface area (Å²) in [6.45, 7) is 5.83. The van der Waals surface area contributed by atoms with E-state index in [0.717, 1.165) is 40.8 Å². The predicted octanol–water partition coefficient (Wildman–Crippen LogP) is 5.47. The number of carbonyl (C=O) groups is 1. The van der Waals surface area contributed by atoms with Crippen molar-refractivity contribution in [1.82, 2.24) is 9.55 Å². The summed E-state index contributed by atoms with van der Waals surface area (Å²) in [5.41, 5.74) is 4.27. The summed E-state index contributed by atoms with van der Waals surface area (Å²) in [4.78, 5) is 32.0. The van der Waals surface area contributed by atoms with Crippen LogP contribution in [0.3, 0.4) is 0 Å². The molecule has 4 aromatic rings. The summed E-state index contributed by atoms with van der Waals surface area (Å²) in [5, 5.41) is 5.45. The van der Waals surface area contributed by atoms with E-state index in [4.69, 9.17) is 9.47 Å². The van der Waals surface area contributed by atoms with Gasteiger partial charge in [-0.2, -0.15) is 0 Å². The van der Waals surface area contributed by atoms with Crippen LogP contribution < -0.4 is 20.3 Å². The molecular weight excluding hydrogens is 462 g/mol. The second kappa shape index (κ2) is 10.3. The average Bonchev–Trinajstić information content (AvgIpc) is 3.33. The maximum Gasteiger partial charge on any atom is 0.263 e. The van der Waals surface area contributed by atoms with E-state index in [2.05, 4.69) is 24.1 Å². The fraction of sp³-hybridized carbons (Fsp3) is 0.296. The van der Waals surface area contributed by atoms with Crippen LogP contribution in [0.15, 0.2) is 52.9 Å². The molecule has 0 spiro atoms. The molecule has 35 heavy (non-hydrogen) atoms. The number of anilines is 1. The van der Waals surface area contributed by atoms with Gasteiger partial charge in [-0.3, -0.25) is 14.2 Å². The Bertz CT molecular complexity index is 1420. The second-order valence-electron chi connectivity index (χ2n) is 8.18. The van der Waals surface area contributed by atoms with Crippen molar-refractivity contribution in [3.05, 3.63) is 69.6 Å². The van der Waals surface area contributed by atoms with E-state index in [1.165, 1.54) is 22.2 Å². The van der Waals surface area contributed by atoms with Crippen molar-refractivity contribution in [1.29, 1.82) is 0 Å². The maximum absolute atomic E-state index is 13.6. The number of amides is 1. The lowest BCUT2D eigenvalue weighted by molar-refractivity contribution is -0.118. The Morgan fingerprint density at radius 1 is 1.09 bits per heavy atom. The van der Waals surface area contributed by atoms with Crippen LogP contribution in [0, 0.1) is 0 Å². The van der Waals surface area contributed by atoms with Gasteiger partial charge in [-0.25, -0.2) is 4.98 Å². The second-order valence-corrected chi connectivity index (χ2v) is 9.04. The molecule has 0 aliphatic rings. The van der Waals surface area contributed by atoms with Crippen molar-refractivity contribution in [2.75, 3.05) is 19.5 Å². The number of aryl methyl sites for hydroxylation is 2. The molecule has 1 N–H and O–H groups in total. The van der Waals surface area contributed by atoms with E-state index >= 15 is 0 Å². The highest BCUT2D eigenvalue weighted by Crippen LogP contribution is 2.36. The van der Waals surface area contributed by atoms with Gasteiger partial charge in [0.15, 0.2) is 11.5 Å². The first-order valence-electron chi connectivity index (χ1n) is 11.6. The molecule has 1 atom stereocenters. The maximum atomic E-state index is 13.6. The number of hydrogen-bond acceptors (Lipinski definition) is 6. The zero-order chi connectivity index (χ0) is 25.1. The molecule has 4 rings (SSSR count). The molecule has 0 fully saturated rings. The van der Waals surface area contributed by atoms with E-state index in [-0.39, 0.29) is 11.5 Å². The van der Waals surface area contributed by atoms with Crippen molar-refractivity contribution >= 4 is 33.1 Å². The fourth-order valence-electron chi connectivity index (χ4n) is 4.19. The normalized spacial score (nSPS) is 11.9. The van der Waals surface area contributed by atoms with Crippen LogP contribution >= 0.6 is 11.3 Å². The van der Waals surface area contributed by atoms with Crippen molar-refractivity contribution < 1.29 is 14.3 Å². The molecule has 1 unspecified atom stereocenters. The number of aromatic nitrogens is 2. The third kappa shape index (κ3) is 4.53. The third-order valence-electron chi connectivity index (χ3n) is 6.26. The molecule has 2 aromatic carbocycles. The van der Waals surface area contributed by atoms with E-state index < -0.39 is 6.04 Å². The first kappa shape index (κ1) is 24.5. The highest BCUT2D eigenvalue weighted by atomic mass is 32.1. The Labute approximate surface area is 208 Å². The number of thiophene rings is 1. The van der Waals surface area contributed by atoms with Crippen molar-refractivity contribution in [2.24, 2.45) is 0 Å². The molecule has 0 bridgehead atoms. The van der Waals surface area contributed by atoms with E-state index in [0.29, 0.717) is 21.7 Å². The van der Waals surface area contributed by atoms with Crippen molar-refractivity contribution in [3.8, 4) is 22.6 Å². The first-order valence-corrected chi connectivity index (χ1v) is 12.4. The zero-order valence-corrected chi connectivity index (χ0v) is 21.4. The Morgan fingerprint density at radius 3 is 2.40 bits per heavy atom. The van der Waals surface area contributed by atoms with E-state index in [1.807, 2.05) is 35.7 Å². The smallest absolute Gasteiger partial charge is 0.263 e. The van der Waals surface area contributed by atoms with Gasteiger partial charge in [0.05, 0.1) is 25.9 Å². The molecule has 0 aliphatic carbocycles. The summed E-state index contributed by atoms with van der Waals surface area (Å²) in [5.74, 6) is 0.921. The molecule has 0 saturated carbocycles. The molecule has 2 heterocycles. The fourth-order valence-corrected chi connectivity index (χ4v) is 5.10. The minimum absolute atomic E-state index is 0.258. The number of ether oxygens (including phenoxy) is 2. The van der Waals surface area contributed by atoms with Gasteiger partial charge in [0.25, 0.3) is 5.56 Å². The lowest BCUT2D eigenvalue weighted by atomic mass is 10.0.